The van der Waals surface area contributed by atoms with Gasteiger partial charge in [0.25, 0.3) is 0 Å². The molecule has 0 fully saturated rings. The van der Waals surface area contributed by atoms with Gasteiger partial charge in [-0.1, -0.05) is 72.8 Å². The smallest absolute Gasteiger partial charge is 0.388 e. The molecule has 0 aliphatic rings. The summed E-state index contributed by atoms with van der Waals surface area (Å²) in [6, 6.07) is 31.9. The van der Waals surface area contributed by atoms with Gasteiger partial charge < -0.3 is 4.79 Å². The maximum atomic E-state index is 13.7. The number of carbonyl (C=O) groups excluding carboxylic acids is 1. The van der Waals surface area contributed by atoms with Gasteiger partial charge in [0.05, 0.1) is 16.9 Å². The van der Waals surface area contributed by atoms with Gasteiger partial charge in [0.2, 0.25) is 10.0 Å². The van der Waals surface area contributed by atoms with Crippen LogP contribution in [0.5, 0.6) is 0 Å². The van der Waals surface area contributed by atoms with E-state index < -0.39 is 16.1 Å². The van der Waals surface area contributed by atoms with Crippen LogP contribution in [0.1, 0.15) is 33.3 Å². The molecule has 208 valence electrons. The predicted octanol–water partition coefficient (Wildman–Crippen LogP) is 4.02. The van der Waals surface area contributed by atoms with Crippen molar-refractivity contribution < 1.29 is 36.5 Å². The van der Waals surface area contributed by atoms with Crippen LogP contribution in [0.25, 0.3) is 11.6 Å². The predicted molar refractivity (Wildman–Crippen MR) is 161 cm³/mol. The number of hydrogen-bond donors (Lipinski definition) is 0. The molecule has 5 rings (SSSR count). The van der Waals surface area contributed by atoms with Crippen LogP contribution < -0.4 is 18.9 Å². The summed E-state index contributed by atoms with van der Waals surface area (Å²) in [7, 11) is -2.35. The van der Waals surface area contributed by atoms with Gasteiger partial charge in [0.15, 0.2) is 0 Å². The molecule has 0 saturated heterocycles. The molecule has 0 atom stereocenters. The average molecular weight is 589 g/mol. The molecule has 0 radical (unpaired) electrons. The van der Waals surface area contributed by atoms with E-state index in [9.17, 15) is 17.6 Å². The summed E-state index contributed by atoms with van der Waals surface area (Å²) in [5.74, 6) is -0.211. The average Bonchev–Trinajstić information content (AvgIpc) is 3.52. The van der Waals surface area contributed by atoms with Crippen molar-refractivity contribution in [2.24, 2.45) is 0 Å². The third kappa shape index (κ3) is 8.38. The van der Waals surface area contributed by atoms with Gasteiger partial charge in [-0.2, -0.15) is 47.1 Å². The van der Waals surface area contributed by atoms with Gasteiger partial charge in [-0.05, 0) is 16.0 Å². The molecule has 5 aromatic rings. The van der Waals surface area contributed by atoms with Crippen molar-refractivity contribution in [3.63, 3.8) is 0 Å². The monoisotopic (exact) mass is 588 g/mol. The Labute approximate surface area is 262 Å². The van der Waals surface area contributed by atoms with Gasteiger partial charge in [-0.3, -0.25) is 10.5 Å². The minimum atomic E-state index is -3.92. The minimum absolute atomic E-state index is 0. The van der Waals surface area contributed by atoms with Gasteiger partial charge in [-0.15, -0.1) is 17.4 Å². The molecule has 0 amide bonds. The number of rotatable bonds is 8. The zero-order chi connectivity index (χ0) is 29.2. The first-order valence-electron chi connectivity index (χ1n) is 12.5. The van der Waals surface area contributed by atoms with E-state index in [-0.39, 0.29) is 35.1 Å². The summed E-state index contributed by atoms with van der Waals surface area (Å²) in [5, 5.41) is 2.42. The van der Waals surface area contributed by atoms with E-state index in [0.29, 0.717) is 10.6 Å². The molecule has 5 nitrogen and oxygen atoms in total. The van der Waals surface area contributed by atoms with E-state index in [2.05, 4.69) is 18.0 Å². The molecular formula is C33H26FLiN2O3S2-2. The molecule has 0 spiro atoms. The van der Waals surface area contributed by atoms with Crippen LogP contribution in [0.4, 0.5) is 4.39 Å². The fourth-order valence-electron chi connectivity index (χ4n) is 4.03. The summed E-state index contributed by atoms with van der Waals surface area (Å²) >= 11 is 1.37. The number of allylic oxidation sites excluding steroid dienone is 1. The van der Waals surface area contributed by atoms with Crippen molar-refractivity contribution in [2.75, 3.05) is 7.05 Å². The van der Waals surface area contributed by atoms with E-state index in [1.807, 2.05) is 66.9 Å². The van der Waals surface area contributed by atoms with Gasteiger partial charge in [0.1, 0.15) is 0 Å². The number of hydrogen-bond acceptors (Lipinski definition) is 5. The molecule has 0 N–H and O–H groups in total. The summed E-state index contributed by atoms with van der Waals surface area (Å²) in [6.45, 7) is 3.60. The Bertz CT molecular complexity index is 1640. The molecule has 42 heavy (non-hydrogen) atoms. The van der Waals surface area contributed by atoms with Crippen LogP contribution in [0.15, 0.2) is 120 Å². The number of sulfonamides is 1. The zero-order valence-electron chi connectivity index (χ0n) is 23.1. The second kappa shape index (κ2) is 15.5. The maximum absolute atomic E-state index is 13.7. The normalized spacial score (nSPS) is 11.4. The largest absolute Gasteiger partial charge is 1.00 e. The topological polar surface area (TPSA) is 67.3 Å². The van der Waals surface area contributed by atoms with Crippen molar-refractivity contribution in [3.8, 4) is 0 Å². The van der Waals surface area contributed by atoms with E-state index >= 15 is 0 Å². The van der Waals surface area contributed by atoms with E-state index in [4.69, 9.17) is 0 Å². The van der Waals surface area contributed by atoms with Crippen molar-refractivity contribution in [3.05, 3.63) is 161 Å². The van der Waals surface area contributed by atoms with E-state index in [1.54, 1.807) is 36.8 Å². The molecule has 0 bridgehead atoms. The maximum Gasteiger partial charge on any atom is 1.00 e. The molecule has 0 unspecified atom stereocenters. The third-order valence-electron chi connectivity index (χ3n) is 6.08. The van der Waals surface area contributed by atoms with Gasteiger partial charge in [-0.25, -0.2) is 24.4 Å². The molecule has 4 aromatic carbocycles. The third-order valence-corrected chi connectivity index (χ3v) is 8.62. The van der Waals surface area contributed by atoms with Crippen molar-refractivity contribution in [1.82, 2.24) is 9.29 Å². The quantitative estimate of drug-likeness (QED) is 0.156. The summed E-state index contributed by atoms with van der Waals surface area (Å²) in [5.41, 5.74) is 3.07. The van der Waals surface area contributed by atoms with E-state index in [0.717, 1.165) is 16.7 Å². The molecule has 0 saturated carbocycles. The van der Waals surface area contributed by atoms with Crippen molar-refractivity contribution in [2.45, 2.75) is 10.9 Å². The van der Waals surface area contributed by atoms with Crippen LogP contribution in [0, 0.1) is 18.8 Å². The number of aromatic nitrogens is 1. The molecule has 9 heteroatoms. The second-order valence-corrected chi connectivity index (χ2v) is 11.8. The van der Waals surface area contributed by atoms with Crippen LogP contribution >= 0.6 is 11.3 Å². The van der Waals surface area contributed by atoms with E-state index in [1.165, 1.54) is 46.0 Å². The van der Waals surface area contributed by atoms with Crippen molar-refractivity contribution >= 4 is 39.3 Å². The first-order chi connectivity index (χ1) is 19.8. The van der Waals surface area contributed by atoms with Crippen LogP contribution in [-0.2, 0) is 14.8 Å². The first-order valence-corrected chi connectivity index (χ1v) is 14.8. The molecule has 0 aliphatic heterocycles. The zero-order valence-corrected chi connectivity index (χ0v) is 24.8. The van der Waals surface area contributed by atoms with Gasteiger partial charge in [0, 0.05) is 24.9 Å². The Balaban J connectivity index is 0.000000466. The molecular weight excluding hydrogens is 562 g/mol. The molecule has 1 heterocycles. The second-order valence-electron chi connectivity index (χ2n) is 8.84. The molecule has 0 aliphatic carbocycles. The SMILES string of the molecule is CN(C(c1ccccc1)c1ccccc1)S(=O)(=O)c1cc[c-]c(/C([C-]=O)=C\c2nccs2)c1.[CH2-]c1ccc(F)cc1.[Li+]. The number of benzene rings is 4. The molecule has 1 aromatic heterocycles. The summed E-state index contributed by atoms with van der Waals surface area (Å²) in [4.78, 5) is 15.8. The fraction of sp³-hybridized carbons (Fsp3) is 0.0606. The van der Waals surface area contributed by atoms with Crippen molar-refractivity contribution in [1.29, 1.82) is 0 Å². The van der Waals surface area contributed by atoms with Gasteiger partial charge >= 0.3 is 18.9 Å². The Morgan fingerprint density at radius 1 is 1.00 bits per heavy atom. The number of halogens is 1. The number of nitrogens with zero attached hydrogens (tertiary/aromatic N) is 2. The minimum Gasteiger partial charge on any atom is -0.388 e. The summed E-state index contributed by atoms with van der Waals surface area (Å²) in [6.07, 6.45) is 5.08. The number of thiazole rings is 1. The Hall–Kier alpha value is -3.77. The Morgan fingerprint density at radius 3 is 2.10 bits per heavy atom. The summed E-state index contributed by atoms with van der Waals surface area (Å²) < 4.78 is 40.8. The Kier molecular flexibility index (Phi) is 12.0. The van der Waals surface area contributed by atoms with Crippen LogP contribution in [-0.4, -0.2) is 31.0 Å². The fourth-order valence-corrected chi connectivity index (χ4v) is 5.95. The van der Waals surface area contributed by atoms with Crippen LogP contribution in [0.2, 0.25) is 0 Å². The first kappa shape index (κ1) is 32.7. The standard InChI is InChI=1S/C26H20N2O3S2.C7H6F.Li/c1-28(26(20-9-4-2-5-10-20)21-11-6-3-7-12-21)33(30,31)24-14-8-13-22(17-24)23(19-29)18-25-27-15-16-32-25;1-6-2-4-7(8)5-3-6;/h2-12,14-18,26H,1H3;2-5H,1H2;/q-2;-1;+1/b23-18-;;. The van der Waals surface area contributed by atoms with Crippen LogP contribution in [0.3, 0.4) is 0 Å². The Morgan fingerprint density at radius 2 is 1.60 bits per heavy atom.